The summed E-state index contributed by atoms with van der Waals surface area (Å²) < 4.78 is 5.55. The Morgan fingerprint density at radius 3 is 2.12 bits per heavy atom. The van der Waals surface area contributed by atoms with Gasteiger partial charge in [-0.15, -0.1) is 0 Å². The van der Waals surface area contributed by atoms with Crippen LogP contribution in [0.15, 0.2) is 0 Å². The van der Waals surface area contributed by atoms with Crippen LogP contribution >= 0.6 is 17.0 Å². The zero-order chi connectivity index (χ0) is 12.1. The number of halogens is 1. The standard InChI is InChI=1S/C12H21ClNOPS/c1-2-15-16(13,17)14-12-6-9-3-10(7-12)5-11(4-9)8-12/h9-11H,2-8H2,1H3,(H,14,17). The van der Waals surface area contributed by atoms with Crippen molar-refractivity contribution in [1.29, 1.82) is 0 Å². The van der Waals surface area contributed by atoms with Crippen molar-refractivity contribution in [3.8, 4) is 0 Å². The third-order valence-corrected chi connectivity index (χ3v) is 7.17. The molecule has 0 saturated heterocycles. The molecule has 2 nitrogen and oxygen atoms in total. The summed E-state index contributed by atoms with van der Waals surface area (Å²) in [6.07, 6.45) is 8.16. The smallest absolute Gasteiger partial charge is 0.219 e. The van der Waals surface area contributed by atoms with Gasteiger partial charge in [-0.2, -0.15) is 0 Å². The lowest BCUT2D eigenvalue weighted by Crippen LogP contribution is -2.57. The number of hydrogen-bond acceptors (Lipinski definition) is 2. The average Bonchev–Trinajstić information content (AvgIpc) is 2.11. The van der Waals surface area contributed by atoms with E-state index in [1.54, 1.807) is 0 Å². The minimum absolute atomic E-state index is 0.223. The molecule has 4 aliphatic carbocycles. The van der Waals surface area contributed by atoms with Crippen molar-refractivity contribution in [2.75, 3.05) is 6.61 Å². The van der Waals surface area contributed by atoms with Crippen LogP contribution in [0.3, 0.4) is 0 Å². The van der Waals surface area contributed by atoms with Crippen molar-refractivity contribution in [1.82, 2.24) is 5.09 Å². The van der Waals surface area contributed by atoms with E-state index in [2.05, 4.69) is 5.09 Å². The minimum Gasteiger partial charge on any atom is -0.327 e. The van der Waals surface area contributed by atoms with Gasteiger partial charge in [0, 0.05) is 5.54 Å². The molecule has 0 aliphatic heterocycles. The third-order valence-electron chi connectivity index (χ3n) is 4.70. The molecule has 1 N–H and O–H groups in total. The Morgan fingerprint density at radius 1 is 1.24 bits per heavy atom. The Hall–Kier alpha value is 0.860. The zero-order valence-corrected chi connectivity index (χ0v) is 12.8. The molecule has 4 aliphatic rings. The monoisotopic (exact) mass is 293 g/mol. The van der Waals surface area contributed by atoms with Gasteiger partial charge < -0.3 is 4.52 Å². The summed E-state index contributed by atoms with van der Waals surface area (Å²) in [6.45, 7) is 2.57. The van der Waals surface area contributed by atoms with Gasteiger partial charge in [0.15, 0.2) is 0 Å². The zero-order valence-electron chi connectivity index (χ0n) is 10.3. The fraction of sp³-hybridized carbons (Fsp3) is 1.00. The van der Waals surface area contributed by atoms with Crippen molar-refractivity contribution in [2.45, 2.75) is 51.0 Å². The van der Waals surface area contributed by atoms with E-state index in [-0.39, 0.29) is 5.54 Å². The summed E-state index contributed by atoms with van der Waals surface area (Å²) >= 11 is 11.8. The molecule has 98 valence electrons. The lowest BCUT2D eigenvalue weighted by atomic mass is 9.53. The SMILES string of the molecule is CCOP(=S)(Cl)NC12CC3CC(CC(C3)C1)C2. The second-order valence-corrected chi connectivity index (χ2v) is 11.2. The van der Waals surface area contributed by atoms with Crippen LogP contribution in [0.25, 0.3) is 0 Å². The van der Waals surface area contributed by atoms with E-state index >= 15 is 0 Å². The first-order valence-corrected chi connectivity index (χ1v) is 10.4. The highest BCUT2D eigenvalue weighted by atomic mass is 35.7. The van der Waals surface area contributed by atoms with Crippen molar-refractivity contribution in [2.24, 2.45) is 17.8 Å². The van der Waals surface area contributed by atoms with Crippen LogP contribution in [0.1, 0.15) is 45.4 Å². The maximum atomic E-state index is 6.36. The van der Waals surface area contributed by atoms with E-state index in [0.29, 0.717) is 6.61 Å². The quantitative estimate of drug-likeness (QED) is 0.790. The number of hydrogen-bond donors (Lipinski definition) is 1. The number of nitrogens with one attached hydrogen (secondary N) is 1. The highest BCUT2D eigenvalue weighted by Crippen LogP contribution is 2.60. The average molecular weight is 294 g/mol. The molecule has 0 aromatic carbocycles. The lowest BCUT2D eigenvalue weighted by molar-refractivity contribution is -0.00870. The molecule has 4 bridgehead atoms. The Labute approximate surface area is 114 Å². The summed E-state index contributed by atoms with van der Waals surface area (Å²) in [5.74, 6) is 0.470. The second-order valence-electron chi connectivity index (χ2n) is 6.21. The van der Waals surface area contributed by atoms with Gasteiger partial charge in [0.05, 0.1) is 6.61 Å². The Morgan fingerprint density at radius 2 is 1.71 bits per heavy atom. The van der Waals surface area contributed by atoms with Crippen LogP contribution < -0.4 is 5.09 Å². The van der Waals surface area contributed by atoms with E-state index in [0.717, 1.165) is 17.8 Å². The topological polar surface area (TPSA) is 21.3 Å². The molecule has 0 aromatic heterocycles. The lowest BCUT2D eigenvalue weighted by Gasteiger charge is -2.57. The number of rotatable bonds is 4. The maximum absolute atomic E-state index is 6.36. The first-order chi connectivity index (χ1) is 8.00. The molecule has 4 fully saturated rings. The fourth-order valence-corrected chi connectivity index (χ4v) is 7.69. The summed E-state index contributed by atoms with van der Waals surface area (Å²) in [5, 5.41) is 3.57. The van der Waals surface area contributed by atoms with E-state index in [1.165, 1.54) is 38.5 Å². The molecule has 4 saturated carbocycles. The van der Waals surface area contributed by atoms with E-state index in [4.69, 9.17) is 27.6 Å². The molecule has 1 atom stereocenters. The molecular formula is C12H21ClNOPS. The van der Waals surface area contributed by atoms with Gasteiger partial charge >= 0.3 is 0 Å². The van der Waals surface area contributed by atoms with Crippen LogP contribution in [0.5, 0.6) is 0 Å². The van der Waals surface area contributed by atoms with Gasteiger partial charge in [0.2, 0.25) is 5.77 Å². The van der Waals surface area contributed by atoms with E-state index < -0.39 is 5.77 Å². The molecule has 0 spiro atoms. The van der Waals surface area contributed by atoms with E-state index in [1.807, 2.05) is 6.92 Å². The van der Waals surface area contributed by atoms with Crippen LogP contribution in [-0.2, 0) is 16.3 Å². The molecule has 0 radical (unpaired) electrons. The molecular weight excluding hydrogens is 273 g/mol. The van der Waals surface area contributed by atoms with Gasteiger partial charge in [-0.3, -0.25) is 0 Å². The van der Waals surface area contributed by atoms with Crippen LogP contribution in [-0.4, -0.2) is 12.1 Å². The summed E-state index contributed by atoms with van der Waals surface area (Å²) in [4.78, 5) is 0. The molecule has 0 aromatic rings. The second kappa shape index (κ2) is 4.45. The molecule has 4 rings (SSSR count). The predicted octanol–water partition coefficient (Wildman–Crippen LogP) is 4.04. The Balaban J connectivity index is 1.76. The summed E-state index contributed by atoms with van der Waals surface area (Å²) in [6, 6.07) is 0. The van der Waals surface area contributed by atoms with Crippen LogP contribution in [0.2, 0.25) is 0 Å². The molecule has 17 heavy (non-hydrogen) atoms. The molecule has 1 unspecified atom stereocenters. The van der Waals surface area contributed by atoms with Gasteiger partial charge in [-0.05, 0) is 86.3 Å². The van der Waals surface area contributed by atoms with Crippen molar-refractivity contribution >= 4 is 28.8 Å². The first-order valence-electron chi connectivity index (χ1n) is 6.74. The van der Waals surface area contributed by atoms with Gasteiger partial charge in [0.25, 0.3) is 0 Å². The normalized spacial score (nSPS) is 47.1. The van der Waals surface area contributed by atoms with Gasteiger partial charge in [0.1, 0.15) is 0 Å². The van der Waals surface area contributed by atoms with Crippen LogP contribution in [0.4, 0.5) is 0 Å². The third kappa shape index (κ3) is 2.60. The van der Waals surface area contributed by atoms with Crippen molar-refractivity contribution < 1.29 is 4.52 Å². The molecule has 0 amide bonds. The van der Waals surface area contributed by atoms with Crippen LogP contribution in [0, 0.1) is 17.8 Å². The highest BCUT2D eigenvalue weighted by molar-refractivity contribution is 8.23. The van der Waals surface area contributed by atoms with Crippen molar-refractivity contribution in [3.63, 3.8) is 0 Å². The minimum atomic E-state index is -2.29. The summed E-state index contributed by atoms with van der Waals surface area (Å²) in [7, 11) is 0. The molecule has 0 heterocycles. The van der Waals surface area contributed by atoms with E-state index in [9.17, 15) is 0 Å². The highest BCUT2D eigenvalue weighted by Gasteiger charge is 2.52. The van der Waals surface area contributed by atoms with Gasteiger partial charge in [-0.1, -0.05) is 0 Å². The predicted molar refractivity (Wildman–Crippen MR) is 75.8 cm³/mol. The largest absolute Gasteiger partial charge is 0.327 e. The fourth-order valence-electron chi connectivity index (χ4n) is 4.73. The Kier molecular flexibility index (Phi) is 3.37. The molecule has 5 heteroatoms. The summed E-state index contributed by atoms with van der Waals surface area (Å²) in [5.41, 5.74) is 0.223. The van der Waals surface area contributed by atoms with Gasteiger partial charge in [-0.25, -0.2) is 5.09 Å². The van der Waals surface area contributed by atoms with Crippen molar-refractivity contribution in [3.05, 3.63) is 0 Å². The maximum Gasteiger partial charge on any atom is 0.219 e. The first kappa shape index (κ1) is 12.9. The Bertz CT molecular complexity index is 327.